The van der Waals surface area contributed by atoms with Crippen molar-refractivity contribution in [2.24, 2.45) is 0 Å². The first kappa shape index (κ1) is 15.9. The van der Waals surface area contributed by atoms with Crippen LogP contribution in [0.15, 0.2) is 30.3 Å². The summed E-state index contributed by atoms with van der Waals surface area (Å²) in [5.41, 5.74) is 3.12. The first-order chi connectivity index (χ1) is 10.0. The summed E-state index contributed by atoms with van der Waals surface area (Å²) >= 11 is 0. The molecule has 0 saturated carbocycles. The largest absolute Gasteiger partial charge is 0.374 e. The van der Waals surface area contributed by atoms with E-state index in [0.717, 1.165) is 24.2 Å². The van der Waals surface area contributed by atoms with Crippen molar-refractivity contribution in [2.45, 2.75) is 45.8 Å². The van der Waals surface area contributed by atoms with Crippen LogP contribution in [0.1, 0.15) is 44.5 Å². The van der Waals surface area contributed by atoms with Crippen LogP contribution in [-0.2, 0) is 4.74 Å². The Morgan fingerprint density at radius 1 is 1.24 bits per heavy atom. The van der Waals surface area contributed by atoms with Crippen LogP contribution < -0.4 is 5.32 Å². The molecule has 0 fully saturated rings. The third kappa shape index (κ3) is 3.25. The predicted octanol–water partition coefficient (Wildman–Crippen LogP) is 4.01. The Balaban J connectivity index is 2.44. The summed E-state index contributed by atoms with van der Waals surface area (Å²) in [5.74, 6) is 0. The van der Waals surface area contributed by atoms with E-state index in [1.54, 1.807) is 0 Å². The lowest BCUT2D eigenvalue weighted by Gasteiger charge is -2.37. The Morgan fingerprint density at radius 2 is 2.00 bits per heavy atom. The van der Waals surface area contributed by atoms with Gasteiger partial charge in [-0.25, -0.2) is 0 Å². The van der Waals surface area contributed by atoms with Crippen molar-refractivity contribution in [3.63, 3.8) is 0 Å². The molecule has 1 N–H and O–H groups in total. The number of nitrogens with zero attached hydrogens (tertiary/aromatic N) is 1. The van der Waals surface area contributed by atoms with Crippen LogP contribution in [0.25, 0.3) is 10.9 Å². The SMILES string of the molecule is CCOC(C)(CC)C(NC)c1ccc2nc(C)ccc2c1. The molecular weight excluding hydrogens is 260 g/mol. The minimum atomic E-state index is -0.213. The van der Waals surface area contributed by atoms with Crippen molar-refractivity contribution in [3.05, 3.63) is 41.6 Å². The Hall–Kier alpha value is -1.45. The quantitative estimate of drug-likeness (QED) is 0.871. The molecule has 2 atom stereocenters. The molecule has 21 heavy (non-hydrogen) atoms. The number of fused-ring (bicyclic) bond motifs is 1. The number of ether oxygens (including phenoxy) is 1. The Bertz CT molecular complexity index is 611. The smallest absolute Gasteiger partial charge is 0.0845 e. The molecule has 0 spiro atoms. The van der Waals surface area contributed by atoms with Crippen LogP contribution in [0.4, 0.5) is 0 Å². The summed E-state index contributed by atoms with van der Waals surface area (Å²) < 4.78 is 6.04. The average molecular weight is 286 g/mol. The van der Waals surface area contributed by atoms with Gasteiger partial charge in [0.05, 0.1) is 17.2 Å². The van der Waals surface area contributed by atoms with Gasteiger partial charge in [-0.2, -0.15) is 0 Å². The van der Waals surface area contributed by atoms with Crippen LogP contribution in [-0.4, -0.2) is 24.2 Å². The second kappa shape index (κ2) is 6.54. The van der Waals surface area contributed by atoms with E-state index in [9.17, 15) is 0 Å². The summed E-state index contributed by atoms with van der Waals surface area (Å²) in [6.45, 7) is 9.14. The molecule has 1 heterocycles. The molecule has 2 rings (SSSR count). The summed E-state index contributed by atoms with van der Waals surface area (Å²) in [4.78, 5) is 4.57. The van der Waals surface area contributed by atoms with Crippen molar-refractivity contribution in [1.82, 2.24) is 10.3 Å². The van der Waals surface area contributed by atoms with Gasteiger partial charge in [-0.3, -0.25) is 4.98 Å². The highest BCUT2D eigenvalue weighted by Crippen LogP contribution is 2.33. The first-order valence-corrected chi connectivity index (χ1v) is 7.72. The monoisotopic (exact) mass is 286 g/mol. The minimum Gasteiger partial charge on any atom is -0.374 e. The van der Waals surface area contributed by atoms with Gasteiger partial charge < -0.3 is 10.1 Å². The zero-order valence-corrected chi connectivity index (χ0v) is 13.7. The molecule has 3 nitrogen and oxygen atoms in total. The average Bonchev–Trinajstić information content (AvgIpc) is 2.48. The molecule has 3 heteroatoms. The van der Waals surface area contributed by atoms with E-state index < -0.39 is 0 Å². The molecule has 1 aromatic heterocycles. The number of benzene rings is 1. The van der Waals surface area contributed by atoms with E-state index >= 15 is 0 Å². The van der Waals surface area contributed by atoms with Crippen LogP contribution in [0.2, 0.25) is 0 Å². The topological polar surface area (TPSA) is 34.1 Å². The van der Waals surface area contributed by atoms with Gasteiger partial charge >= 0.3 is 0 Å². The fourth-order valence-corrected chi connectivity index (χ4v) is 2.97. The molecule has 114 valence electrons. The van der Waals surface area contributed by atoms with Crippen molar-refractivity contribution in [3.8, 4) is 0 Å². The summed E-state index contributed by atoms with van der Waals surface area (Å²) in [5, 5.41) is 4.60. The second-order valence-electron chi connectivity index (χ2n) is 5.73. The van der Waals surface area contributed by atoms with Gasteiger partial charge in [0, 0.05) is 17.7 Å². The highest BCUT2D eigenvalue weighted by Gasteiger charge is 2.33. The van der Waals surface area contributed by atoms with Gasteiger partial charge in [0.1, 0.15) is 0 Å². The van der Waals surface area contributed by atoms with E-state index in [1.807, 2.05) is 20.9 Å². The standard InChI is InChI=1S/C18H26N2O/c1-6-18(4,21-7-2)17(19-5)15-10-11-16-14(12-15)9-8-13(3)20-16/h8-12,17,19H,6-7H2,1-5H3. The fraction of sp³-hybridized carbons (Fsp3) is 0.500. The van der Waals surface area contributed by atoms with Gasteiger partial charge in [0.2, 0.25) is 0 Å². The number of hydrogen-bond donors (Lipinski definition) is 1. The highest BCUT2D eigenvalue weighted by atomic mass is 16.5. The first-order valence-electron chi connectivity index (χ1n) is 7.72. The number of pyridine rings is 1. The van der Waals surface area contributed by atoms with Gasteiger partial charge in [-0.15, -0.1) is 0 Å². The van der Waals surface area contributed by atoms with Gasteiger partial charge in [0.15, 0.2) is 0 Å². The molecule has 0 radical (unpaired) electrons. The van der Waals surface area contributed by atoms with Crippen molar-refractivity contribution in [2.75, 3.05) is 13.7 Å². The predicted molar refractivity (Wildman–Crippen MR) is 88.6 cm³/mol. The maximum Gasteiger partial charge on any atom is 0.0845 e. The maximum atomic E-state index is 6.04. The van der Waals surface area contributed by atoms with Crippen molar-refractivity contribution >= 4 is 10.9 Å². The zero-order valence-electron chi connectivity index (χ0n) is 13.7. The molecule has 0 aliphatic rings. The van der Waals surface area contributed by atoms with Crippen LogP contribution >= 0.6 is 0 Å². The van der Waals surface area contributed by atoms with E-state index in [4.69, 9.17) is 4.74 Å². The summed E-state index contributed by atoms with van der Waals surface area (Å²) in [6, 6.07) is 10.8. The van der Waals surface area contributed by atoms with Crippen LogP contribution in [0, 0.1) is 6.92 Å². The Morgan fingerprint density at radius 3 is 2.62 bits per heavy atom. The van der Waals surface area contributed by atoms with Crippen molar-refractivity contribution < 1.29 is 4.74 Å². The van der Waals surface area contributed by atoms with Crippen molar-refractivity contribution in [1.29, 1.82) is 0 Å². The van der Waals surface area contributed by atoms with Gasteiger partial charge in [-0.1, -0.05) is 19.1 Å². The molecule has 0 bridgehead atoms. The lowest BCUT2D eigenvalue weighted by atomic mass is 9.87. The van der Waals surface area contributed by atoms with E-state index in [0.29, 0.717) is 0 Å². The number of rotatable bonds is 6. The van der Waals surface area contributed by atoms with Crippen LogP contribution in [0.5, 0.6) is 0 Å². The van der Waals surface area contributed by atoms with E-state index in [-0.39, 0.29) is 11.6 Å². The normalized spacial score (nSPS) is 15.9. The summed E-state index contributed by atoms with van der Waals surface area (Å²) in [7, 11) is 2.00. The molecule has 2 aromatic rings. The summed E-state index contributed by atoms with van der Waals surface area (Å²) in [6.07, 6.45) is 0.955. The molecule has 1 aromatic carbocycles. The number of hydrogen-bond acceptors (Lipinski definition) is 3. The molecule has 0 amide bonds. The third-order valence-corrected chi connectivity index (χ3v) is 4.26. The van der Waals surface area contributed by atoms with Gasteiger partial charge in [0.25, 0.3) is 0 Å². The van der Waals surface area contributed by atoms with E-state index in [1.165, 1.54) is 10.9 Å². The van der Waals surface area contributed by atoms with Crippen LogP contribution in [0.3, 0.4) is 0 Å². The Kier molecular flexibility index (Phi) is 4.96. The zero-order chi connectivity index (χ0) is 15.5. The fourth-order valence-electron chi connectivity index (χ4n) is 2.97. The van der Waals surface area contributed by atoms with Gasteiger partial charge in [-0.05, 0) is 58.0 Å². The minimum absolute atomic E-state index is 0.160. The molecule has 2 unspecified atom stereocenters. The van der Waals surface area contributed by atoms with E-state index in [2.05, 4.69) is 54.5 Å². The molecular formula is C18H26N2O. The Labute approximate surface area is 127 Å². The highest BCUT2D eigenvalue weighted by molar-refractivity contribution is 5.79. The molecule has 0 saturated heterocycles. The number of aromatic nitrogens is 1. The lowest BCUT2D eigenvalue weighted by Crippen LogP contribution is -2.42. The molecule has 0 aliphatic carbocycles. The number of aryl methyl sites for hydroxylation is 1. The maximum absolute atomic E-state index is 6.04. The number of likely N-dealkylation sites (N-methyl/N-ethyl adjacent to an activating group) is 1. The molecule has 0 aliphatic heterocycles. The number of nitrogens with one attached hydrogen (secondary N) is 1. The second-order valence-corrected chi connectivity index (χ2v) is 5.73. The lowest BCUT2D eigenvalue weighted by molar-refractivity contribution is -0.0546. The third-order valence-electron chi connectivity index (χ3n) is 4.26.